The van der Waals surface area contributed by atoms with E-state index in [9.17, 15) is 0 Å². The fraction of sp³-hybridized carbons (Fsp3) is 1.00. The van der Waals surface area contributed by atoms with Crippen molar-refractivity contribution in [2.45, 2.75) is 85.2 Å². The second-order valence-electron chi connectivity index (χ2n) is 6.76. The third-order valence-corrected chi connectivity index (χ3v) is 4.31. The van der Waals surface area contributed by atoms with Gasteiger partial charge in [-0.2, -0.15) is 0 Å². The lowest BCUT2D eigenvalue weighted by Gasteiger charge is -2.36. The minimum absolute atomic E-state index is 0.595. The first-order valence-corrected chi connectivity index (χ1v) is 7.19. The van der Waals surface area contributed by atoms with Crippen LogP contribution in [0.15, 0.2) is 0 Å². The van der Waals surface area contributed by atoms with Crippen molar-refractivity contribution in [3.05, 3.63) is 0 Å². The third kappa shape index (κ3) is 4.86. The molecule has 1 aliphatic carbocycles. The van der Waals surface area contributed by atoms with E-state index in [1.807, 2.05) is 0 Å². The standard InChI is InChI=1S/C15H31N/c1-6-12(2)11-13(3)16-14-7-9-15(4,5)10-8-14/h12-14,16H,6-11H2,1-5H3. The summed E-state index contributed by atoms with van der Waals surface area (Å²) in [6, 6.07) is 1.48. The normalized spacial score (nSPS) is 25.3. The Hall–Kier alpha value is -0.0400. The Morgan fingerprint density at radius 2 is 1.75 bits per heavy atom. The maximum absolute atomic E-state index is 3.82. The molecular formula is C15H31N. The van der Waals surface area contributed by atoms with Gasteiger partial charge in [-0.1, -0.05) is 34.1 Å². The highest BCUT2D eigenvalue weighted by atomic mass is 14.9. The lowest BCUT2D eigenvalue weighted by molar-refractivity contribution is 0.195. The molecule has 0 spiro atoms. The van der Waals surface area contributed by atoms with Gasteiger partial charge < -0.3 is 5.32 Å². The van der Waals surface area contributed by atoms with Gasteiger partial charge in [0, 0.05) is 12.1 Å². The second-order valence-corrected chi connectivity index (χ2v) is 6.76. The van der Waals surface area contributed by atoms with Crippen molar-refractivity contribution in [1.82, 2.24) is 5.32 Å². The Kier molecular flexibility index (Phi) is 5.30. The summed E-state index contributed by atoms with van der Waals surface area (Å²) in [5.41, 5.74) is 0.595. The third-order valence-electron chi connectivity index (χ3n) is 4.31. The van der Waals surface area contributed by atoms with E-state index < -0.39 is 0 Å². The van der Waals surface area contributed by atoms with Crippen LogP contribution in [0.3, 0.4) is 0 Å². The lowest BCUT2D eigenvalue weighted by atomic mass is 9.75. The van der Waals surface area contributed by atoms with Crippen LogP contribution in [-0.4, -0.2) is 12.1 Å². The molecule has 0 aromatic rings. The summed E-state index contributed by atoms with van der Waals surface area (Å²) in [5.74, 6) is 0.863. The van der Waals surface area contributed by atoms with Gasteiger partial charge >= 0.3 is 0 Å². The fourth-order valence-corrected chi connectivity index (χ4v) is 2.81. The molecule has 0 saturated heterocycles. The summed E-state index contributed by atoms with van der Waals surface area (Å²) in [6.45, 7) is 11.8. The minimum atomic E-state index is 0.595. The van der Waals surface area contributed by atoms with Gasteiger partial charge in [-0.15, -0.1) is 0 Å². The van der Waals surface area contributed by atoms with Crippen molar-refractivity contribution in [3.8, 4) is 0 Å². The molecule has 0 amide bonds. The van der Waals surface area contributed by atoms with Crippen molar-refractivity contribution in [3.63, 3.8) is 0 Å². The van der Waals surface area contributed by atoms with Gasteiger partial charge in [0.05, 0.1) is 0 Å². The molecule has 2 atom stereocenters. The predicted molar refractivity (Wildman–Crippen MR) is 72.7 cm³/mol. The van der Waals surface area contributed by atoms with Gasteiger partial charge in [0.25, 0.3) is 0 Å². The van der Waals surface area contributed by atoms with Crippen LogP contribution in [0.5, 0.6) is 0 Å². The minimum Gasteiger partial charge on any atom is -0.311 e. The number of hydrogen-bond donors (Lipinski definition) is 1. The SMILES string of the molecule is CCC(C)CC(C)NC1CCC(C)(C)CC1. The highest BCUT2D eigenvalue weighted by Crippen LogP contribution is 2.35. The van der Waals surface area contributed by atoms with E-state index >= 15 is 0 Å². The lowest BCUT2D eigenvalue weighted by Crippen LogP contribution is -2.41. The van der Waals surface area contributed by atoms with E-state index in [-0.39, 0.29) is 0 Å². The van der Waals surface area contributed by atoms with E-state index in [0.29, 0.717) is 11.5 Å². The summed E-state index contributed by atoms with van der Waals surface area (Å²) < 4.78 is 0. The van der Waals surface area contributed by atoms with Crippen molar-refractivity contribution in [2.75, 3.05) is 0 Å². The molecule has 1 rings (SSSR count). The highest BCUT2D eigenvalue weighted by Gasteiger charge is 2.27. The van der Waals surface area contributed by atoms with Crippen LogP contribution in [0, 0.1) is 11.3 Å². The average Bonchev–Trinajstić information content (AvgIpc) is 2.21. The maximum atomic E-state index is 3.82. The molecule has 1 fully saturated rings. The van der Waals surface area contributed by atoms with E-state index in [0.717, 1.165) is 12.0 Å². The zero-order valence-corrected chi connectivity index (χ0v) is 12.0. The van der Waals surface area contributed by atoms with Gasteiger partial charge in [-0.05, 0) is 50.4 Å². The molecule has 2 unspecified atom stereocenters. The van der Waals surface area contributed by atoms with Gasteiger partial charge in [-0.3, -0.25) is 0 Å². The summed E-state index contributed by atoms with van der Waals surface area (Å²) in [7, 11) is 0. The Morgan fingerprint density at radius 1 is 1.19 bits per heavy atom. The zero-order chi connectivity index (χ0) is 12.2. The predicted octanol–water partition coefficient (Wildman–Crippen LogP) is 4.37. The van der Waals surface area contributed by atoms with Crippen LogP contribution in [0.1, 0.15) is 73.1 Å². The highest BCUT2D eigenvalue weighted by molar-refractivity contribution is 4.83. The van der Waals surface area contributed by atoms with Crippen molar-refractivity contribution in [1.29, 1.82) is 0 Å². The average molecular weight is 225 g/mol. The van der Waals surface area contributed by atoms with Crippen LogP contribution >= 0.6 is 0 Å². The molecular weight excluding hydrogens is 194 g/mol. The van der Waals surface area contributed by atoms with Gasteiger partial charge in [0.2, 0.25) is 0 Å². The van der Waals surface area contributed by atoms with E-state index in [1.54, 1.807) is 0 Å². The number of nitrogens with one attached hydrogen (secondary N) is 1. The van der Waals surface area contributed by atoms with Crippen LogP contribution in [-0.2, 0) is 0 Å². The van der Waals surface area contributed by atoms with Gasteiger partial charge in [-0.25, -0.2) is 0 Å². The molecule has 1 N–H and O–H groups in total. The molecule has 16 heavy (non-hydrogen) atoms. The molecule has 0 aromatic carbocycles. The molecule has 1 aliphatic rings. The summed E-state index contributed by atoms with van der Waals surface area (Å²) in [4.78, 5) is 0. The van der Waals surface area contributed by atoms with Crippen molar-refractivity contribution >= 4 is 0 Å². The number of hydrogen-bond acceptors (Lipinski definition) is 1. The molecule has 0 heterocycles. The van der Waals surface area contributed by atoms with E-state index in [1.165, 1.54) is 38.5 Å². The first kappa shape index (κ1) is 14.0. The van der Waals surface area contributed by atoms with E-state index in [2.05, 4.69) is 39.9 Å². The number of rotatable bonds is 5. The van der Waals surface area contributed by atoms with Gasteiger partial charge in [0.1, 0.15) is 0 Å². The molecule has 1 saturated carbocycles. The van der Waals surface area contributed by atoms with Crippen LogP contribution in [0.4, 0.5) is 0 Å². The van der Waals surface area contributed by atoms with E-state index in [4.69, 9.17) is 0 Å². The first-order valence-electron chi connectivity index (χ1n) is 7.19. The Labute approximate surface area is 102 Å². The van der Waals surface area contributed by atoms with Crippen LogP contribution in [0.2, 0.25) is 0 Å². The molecule has 0 radical (unpaired) electrons. The van der Waals surface area contributed by atoms with Crippen molar-refractivity contribution in [2.24, 2.45) is 11.3 Å². The Bertz CT molecular complexity index is 188. The summed E-state index contributed by atoms with van der Waals surface area (Å²) in [5, 5.41) is 3.82. The topological polar surface area (TPSA) is 12.0 Å². The molecule has 0 bridgehead atoms. The van der Waals surface area contributed by atoms with Crippen LogP contribution in [0.25, 0.3) is 0 Å². The molecule has 0 aromatic heterocycles. The largest absolute Gasteiger partial charge is 0.311 e. The zero-order valence-electron chi connectivity index (χ0n) is 12.0. The Morgan fingerprint density at radius 3 is 2.25 bits per heavy atom. The van der Waals surface area contributed by atoms with Crippen molar-refractivity contribution < 1.29 is 0 Å². The molecule has 0 aliphatic heterocycles. The Balaban J connectivity index is 2.23. The quantitative estimate of drug-likeness (QED) is 0.732. The molecule has 1 heteroatoms. The monoisotopic (exact) mass is 225 g/mol. The second kappa shape index (κ2) is 6.05. The smallest absolute Gasteiger partial charge is 0.00699 e. The van der Waals surface area contributed by atoms with Crippen LogP contribution < -0.4 is 5.32 Å². The summed E-state index contributed by atoms with van der Waals surface area (Å²) >= 11 is 0. The molecule has 1 nitrogen and oxygen atoms in total. The summed E-state index contributed by atoms with van der Waals surface area (Å²) in [6.07, 6.45) is 8.16. The van der Waals surface area contributed by atoms with Gasteiger partial charge in [0.15, 0.2) is 0 Å². The maximum Gasteiger partial charge on any atom is 0.00699 e. The molecule has 96 valence electrons. The first-order chi connectivity index (χ1) is 7.43. The fourth-order valence-electron chi connectivity index (χ4n) is 2.81.